The maximum Gasteiger partial charge on any atom is 0.346 e. The summed E-state index contributed by atoms with van der Waals surface area (Å²) in [5.41, 5.74) is 0.913. The molecule has 1 spiro atoms. The van der Waals surface area contributed by atoms with E-state index in [-0.39, 0.29) is 11.4 Å². The van der Waals surface area contributed by atoms with Crippen LogP contribution in [-0.2, 0) is 9.53 Å². The number of carbonyl (C=O) groups excluding carboxylic acids is 1. The van der Waals surface area contributed by atoms with E-state index in [1.807, 2.05) is 48.5 Å². The maximum atomic E-state index is 13.4. The Morgan fingerprint density at radius 2 is 1.45 bits per heavy atom. The number of esters is 1. The molecule has 2 heterocycles. The Balaban J connectivity index is 1.65. The van der Waals surface area contributed by atoms with Gasteiger partial charge < -0.3 is 9.84 Å². The highest BCUT2D eigenvalue weighted by Crippen LogP contribution is 2.50. The van der Waals surface area contributed by atoms with Crippen LogP contribution in [0.4, 0.5) is 0 Å². The second-order valence-electron chi connectivity index (χ2n) is 7.81. The van der Waals surface area contributed by atoms with E-state index >= 15 is 0 Å². The summed E-state index contributed by atoms with van der Waals surface area (Å²) in [6.45, 7) is 0. The Bertz CT molecular complexity index is 1210. The number of rotatable bonds is 3. The molecule has 2 aromatic carbocycles. The SMILES string of the molecule is O=C1OC2(CCCCC2)SC1=Cc1c(O)n(-c2ccccc2)n(-c2ccccc2)c1=O. The maximum absolute atomic E-state index is 13.4. The Morgan fingerprint density at radius 1 is 0.871 bits per heavy atom. The highest BCUT2D eigenvalue weighted by Gasteiger charge is 2.45. The largest absolute Gasteiger partial charge is 0.493 e. The number of nitrogens with zero attached hydrogens (tertiary/aromatic N) is 2. The summed E-state index contributed by atoms with van der Waals surface area (Å²) in [5.74, 6) is -0.644. The fraction of sp³-hybridized carbons (Fsp3) is 0.250. The van der Waals surface area contributed by atoms with E-state index in [9.17, 15) is 14.7 Å². The van der Waals surface area contributed by atoms with Crippen LogP contribution in [0.3, 0.4) is 0 Å². The van der Waals surface area contributed by atoms with Crippen LogP contribution in [0.2, 0.25) is 0 Å². The topological polar surface area (TPSA) is 73.5 Å². The van der Waals surface area contributed by atoms with Gasteiger partial charge in [0.25, 0.3) is 5.56 Å². The molecule has 158 valence electrons. The van der Waals surface area contributed by atoms with Crippen molar-refractivity contribution in [2.45, 2.75) is 37.0 Å². The average molecular weight is 435 g/mol. The molecule has 1 aliphatic carbocycles. The van der Waals surface area contributed by atoms with Crippen molar-refractivity contribution in [3.05, 3.63) is 81.5 Å². The highest BCUT2D eigenvalue weighted by molar-refractivity contribution is 8.05. The Labute approximate surface area is 183 Å². The number of para-hydroxylation sites is 2. The van der Waals surface area contributed by atoms with Gasteiger partial charge >= 0.3 is 5.97 Å². The average Bonchev–Trinajstić information content (AvgIpc) is 3.23. The van der Waals surface area contributed by atoms with Crippen LogP contribution in [0.25, 0.3) is 17.5 Å². The molecule has 3 aromatic rings. The van der Waals surface area contributed by atoms with Crippen LogP contribution < -0.4 is 5.56 Å². The van der Waals surface area contributed by atoms with Gasteiger partial charge in [-0.3, -0.25) is 4.79 Å². The normalized spacial score (nSPS) is 19.1. The standard InChI is InChI=1S/C24H22N2O4S/c27-21-19(16-20-23(29)30-24(31-20)14-8-3-9-15-24)22(28)26(18-12-6-2-7-13-18)25(21)17-10-4-1-5-11-17/h1-2,4-7,10-13,16,27H,3,8-9,14-15H2. The first-order valence-corrected chi connectivity index (χ1v) is 11.2. The molecule has 0 unspecified atom stereocenters. The molecule has 7 heteroatoms. The summed E-state index contributed by atoms with van der Waals surface area (Å²) in [6.07, 6.45) is 6.28. The number of aromatic hydroxyl groups is 1. The van der Waals surface area contributed by atoms with Crippen LogP contribution in [-0.4, -0.2) is 25.4 Å². The molecule has 0 atom stereocenters. The quantitative estimate of drug-likeness (QED) is 0.481. The number of hydrogen-bond acceptors (Lipinski definition) is 5. The zero-order valence-corrected chi connectivity index (χ0v) is 17.7. The monoisotopic (exact) mass is 434 g/mol. The molecule has 1 aromatic heterocycles. The van der Waals surface area contributed by atoms with Gasteiger partial charge in [-0.05, 0) is 56.0 Å². The molecular formula is C24H22N2O4S. The molecule has 2 fully saturated rings. The minimum atomic E-state index is -0.531. The molecule has 31 heavy (non-hydrogen) atoms. The second-order valence-corrected chi connectivity index (χ2v) is 9.20. The minimum Gasteiger partial charge on any atom is -0.493 e. The lowest BCUT2D eigenvalue weighted by Gasteiger charge is -2.29. The van der Waals surface area contributed by atoms with Gasteiger partial charge in [0.1, 0.15) is 5.56 Å². The van der Waals surface area contributed by atoms with Gasteiger partial charge in [0.15, 0.2) is 4.93 Å². The predicted octanol–water partition coefficient (Wildman–Crippen LogP) is 4.63. The summed E-state index contributed by atoms with van der Waals surface area (Å²) in [6, 6.07) is 18.3. The Morgan fingerprint density at radius 3 is 2.06 bits per heavy atom. The third-order valence-electron chi connectivity index (χ3n) is 5.73. The van der Waals surface area contributed by atoms with Gasteiger partial charge in [-0.15, -0.1) is 0 Å². The first-order chi connectivity index (χ1) is 15.1. The summed E-state index contributed by atoms with van der Waals surface area (Å²) in [4.78, 5) is 25.9. The zero-order valence-electron chi connectivity index (χ0n) is 16.9. The molecule has 0 bridgehead atoms. The minimum absolute atomic E-state index is 0.0695. The first-order valence-electron chi connectivity index (χ1n) is 10.4. The lowest BCUT2D eigenvalue weighted by atomic mass is 9.97. The zero-order chi connectivity index (χ0) is 21.4. The number of benzene rings is 2. The van der Waals surface area contributed by atoms with Gasteiger partial charge in [0.2, 0.25) is 5.88 Å². The van der Waals surface area contributed by atoms with Crippen LogP contribution in [0.15, 0.2) is 70.4 Å². The Kier molecular flexibility index (Phi) is 4.98. The molecule has 0 radical (unpaired) electrons. The van der Waals surface area contributed by atoms with Gasteiger partial charge in [0.05, 0.1) is 16.3 Å². The number of carbonyl (C=O) groups is 1. The molecule has 1 saturated heterocycles. The summed E-state index contributed by atoms with van der Waals surface area (Å²) < 4.78 is 8.60. The van der Waals surface area contributed by atoms with Crippen LogP contribution in [0, 0.1) is 0 Å². The van der Waals surface area contributed by atoms with Crippen molar-refractivity contribution in [2.75, 3.05) is 0 Å². The van der Waals surface area contributed by atoms with Crippen LogP contribution >= 0.6 is 11.8 Å². The molecule has 1 aliphatic heterocycles. The fourth-order valence-electron chi connectivity index (χ4n) is 4.24. The third-order valence-corrected chi connectivity index (χ3v) is 7.10. The van der Waals surface area contributed by atoms with E-state index in [0.29, 0.717) is 16.3 Å². The van der Waals surface area contributed by atoms with Gasteiger partial charge in [-0.2, -0.15) is 0 Å². The van der Waals surface area contributed by atoms with Gasteiger partial charge in [-0.1, -0.05) is 54.6 Å². The number of aromatic nitrogens is 2. The van der Waals surface area contributed by atoms with Gasteiger partial charge in [-0.25, -0.2) is 14.2 Å². The summed E-state index contributed by atoms with van der Waals surface area (Å²) in [7, 11) is 0. The molecule has 6 nitrogen and oxygen atoms in total. The highest BCUT2D eigenvalue weighted by atomic mass is 32.2. The van der Waals surface area contributed by atoms with E-state index < -0.39 is 16.5 Å². The van der Waals surface area contributed by atoms with Crippen molar-refractivity contribution in [1.29, 1.82) is 0 Å². The van der Waals surface area contributed by atoms with Crippen molar-refractivity contribution < 1.29 is 14.6 Å². The van der Waals surface area contributed by atoms with E-state index in [1.54, 1.807) is 12.1 Å². The second kappa shape index (κ2) is 7.81. The smallest absolute Gasteiger partial charge is 0.346 e. The first kappa shape index (κ1) is 19.8. The van der Waals surface area contributed by atoms with Crippen molar-refractivity contribution >= 4 is 23.8 Å². The predicted molar refractivity (Wildman–Crippen MR) is 121 cm³/mol. The van der Waals surface area contributed by atoms with Crippen molar-refractivity contribution in [1.82, 2.24) is 9.36 Å². The Hall–Kier alpha value is -3.19. The van der Waals surface area contributed by atoms with Gasteiger partial charge in [0, 0.05) is 0 Å². The van der Waals surface area contributed by atoms with E-state index in [1.165, 1.54) is 27.2 Å². The van der Waals surface area contributed by atoms with E-state index in [0.717, 1.165) is 32.1 Å². The molecule has 0 amide bonds. The summed E-state index contributed by atoms with van der Waals surface area (Å²) in [5, 5.41) is 11.1. The fourth-order valence-corrected chi connectivity index (χ4v) is 5.55. The lowest BCUT2D eigenvalue weighted by Crippen LogP contribution is -2.27. The van der Waals surface area contributed by atoms with Crippen LogP contribution in [0.1, 0.15) is 37.7 Å². The summed E-state index contributed by atoms with van der Waals surface area (Å²) >= 11 is 1.38. The van der Waals surface area contributed by atoms with E-state index in [4.69, 9.17) is 4.74 Å². The van der Waals surface area contributed by atoms with Crippen molar-refractivity contribution in [3.8, 4) is 17.3 Å². The number of hydrogen-bond donors (Lipinski definition) is 1. The molecule has 2 aliphatic rings. The number of thioether (sulfide) groups is 1. The molecule has 5 rings (SSSR count). The molecule has 1 saturated carbocycles. The number of ether oxygens (including phenoxy) is 1. The third kappa shape index (κ3) is 3.49. The van der Waals surface area contributed by atoms with Crippen molar-refractivity contribution in [3.63, 3.8) is 0 Å². The van der Waals surface area contributed by atoms with Crippen LogP contribution in [0.5, 0.6) is 5.88 Å². The molecular weight excluding hydrogens is 412 g/mol. The molecule has 1 N–H and O–H groups in total. The lowest BCUT2D eigenvalue weighted by molar-refractivity contribution is -0.145. The van der Waals surface area contributed by atoms with E-state index in [2.05, 4.69) is 0 Å². The van der Waals surface area contributed by atoms with Crippen molar-refractivity contribution in [2.24, 2.45) is 0 Å².